The zero-order chi connectivity index (χ0) is 14.7. The van der Waals surface area contributed by atoms with Crippen molar-refractivity contribution >= 4 is 22.9 Å². The third-order valence-corrected chi connectivity index (χ3v) is 4.65. The highest BCUT2D eigenvalue weighted by Crippen LogP contribution is 2.23. The molecule has 1 amide bonds. The second-order valence-electron chi connectivity index (χ2n) is 5.11. The van der Waals surface area contributed by atoms with E-state index in [4.69, 9.17) is 4.74 Å². The molecule has 0 bridgehead atoms. The van der Waals surface area contributed by atoms with Gasteiger partial charge in [-0.15, -0.1) is 11.3 Å². The fourth-order valence-corrected chi connectivity index (χ4v) is 3.41. The number of rotatable bonds is 4. The first-order valence-electron chi connectivity index (χ1n) is 6.96. The van der Waals surface area contributed by atoms with Crippen molar-refractivity contribution in [3.63, 3.8) is 0 Å². The molecule has 1 aromatic carbocycles. The van der Waals surface area contributed by atoms with Crippen molar-refractivity contribution in [2.75, 3.05) is 25.5 Å². The Bertz CT molecular complexity index is 621. The predicted molar refractivity (Wildman–Crippen MR) is 84.9 cm³/mol. The highest BCUT2D eigenvalue weighted by atomic mass is 32.1. The van der Waals surface area contributed by atoms with Crippen LogP contribution in [0.2, 0.25) is 0 Å². The Labute approximate surface area is 128 Å². The molecule has 0 saturated carbocycles. The molecule has 1 aliphatic heterocycles. The first-order chi connectivity index (χ1) is 10.2. The van der Waals surface area contributed by atoms with Crippen LogP contribution in [0.25, 0.3) is 0 Å². The number of nitrogens with zero attached hydrogens (tertiary/aromatic N) is 1. The summed E-state index contributed by atoms with van der Waals surface area (Å²) < 4.78 is 5.10. The number of carbonyl (C=O) groups is 1. The average molecular weight is 302 g/mol. The maximum Gasteiger partial charge on any atom is 0.238 e. The number of amides is 1. The zero-order valence-corrected chi connectivity index (χ0v) is 12.8. The second-order valence-corrected chi connectivity index (χ2v) is 6.11. The number of ether oxygens (including phenoxy) is 1. The highest BCUT2D eigenvalue weighted by molar-refractivity contribution is 7.10. The highest BCUT2D eigenvalue weighted by Gasteiger charge is 2.19. The molecule has 1 aromatic heterocycles. The van der Waals surface area contributed by atoms with Gasteiger partial charge in [-0.05, 0) is 47.7 Å². The summed E-state index contributed by atoms with van der Waals surface area (Å²) in [6.45, 7) is 2.25. The van der Waals surface area contributed by atoms with E-state index in [0.29, 0.717) is 6.54 Å². The molecule has 0 spiro atoms. The van der Waals surface area contributed by atoms with Gasteiger partial charge in [0.1, 0.15) is 5.75 Å². The van der Waals surface area contributed by atoms with Crippen LogP contribution in [-0.4, -0.2) is 31.0 Å². The van der Waals surface area contributed by atoms with Gasteiger partial charge in [0.2, 0.25) is 5.91 Å². The smallest absolute Gasteiger partial charge is 0.238 e. The van der Waals surface area contributed by atoms with Crippen LogP contribution in [0.15, 0.2) is 35.7 Å². The summed E-state index contributed by atoms with van der Waals surface area (Å²) in [4.78, 5) is 15.8. The molecular weight excluding hydrogens is 284 g/mol. The van der Waals surface area contributed by atoms with Crippen LogP contribution in [0.4, 0.5) is 5.69 Å². The number of benzene rings is 1. The zero-order valence-electron chi connectivity index (χ0n) is 12.0. The normalized spacial score (nSPS) is 14.5. The van der Waals surface area contributed by atoms with E-state index in [2.05, 4.69) is 21.7 Å². The number of hydrogen-bond donors (Lipinski definition) is 1. The lowest BCUT2D eigenvalue weighted by Crippen LogP contribution is -2.36. The van der Waals surface area contributed by atoms with E-state index in [1.54, 1.807) is 7.11 Å². The number of thiophene rings is 1. The molecule has 110 valence electrons. The Balaban J connectivity index is 1.54. The molecule has 1 N–H and O–H groups in total. The van der Waals surface area contributed by atoms with E-state index >= 15 is 0 Å². The molecule has 0 saturated heterocycles. The van der Waals surface area contributed by atoms with E-state index in [1.807, 2.05) is 35.6 Å². The van der Waals surface area contributed by atoms with E-state index in [-0.39, 0.29) is 5.91 Å². The van der Waals surface area contributed by atoms with Crippen molar-refractivity contribution in [2.45, 2.75) is 13.0 Å². The molecule has 0 aliphatic carbocycles. The van der Waals surface area contributed by atoms with Gasteiger partial charge in [0, 0.05) is 23.7 Å². The third-order valence-electron chi connectivity index (χ3n) is 3.63. The Morgan fingerprint density at radius 2 is 2.14 bits per heavy atom. The van der Waals surface area contributed by atoms with Gasteiger partial charge in [-0.1, -0.05) is 0 Å². The molecular formula is C16H18N2O2S. The third kappa shape index (κ3) is 3.43. The summed E-state index contributed by atoms with van der Waals surface area (Å²) in [5.74, 6) is 0.813. The van der Waals surface area contributed by atoms with Crippen LogP contribution >= 0.6 is 11.3 Å². The van der Waals surface area contributed by atoms with Gasteiger partial charge in [-0.25, -0.2) is 0 Å². The topological polar surface area (TPSA) is 41.6 Å². The Morgan fingerprint density at radius 3 is 2.90 bits per heavy atom. The molecule has 1 aliphatic rings. The number of fused-ring (bicyclic) bond motifs is 1. The molecule has 5 heteroatoms. The lowest BCUT2D eigenvalue weighted by atomic mass is 10.1. The minimum atomic E-state index is 0.0267. The quantitative estimate of drug-likeness (QED) is 0.944. The number of carbonyl (C=O) groups excluding carboxylic acids is 1. The van der Waals surface area contributed by atoms with Crippen molar-refractivity contribution in [2.24, 2.45) is 0 Å². The van der Waals surface area contributed by atoms with Gasteiger partial charge in [-0.2, -0.15) is 0 Å². The largest absolute Gasteiger partial charge is 0.497 e. The van der Waals surface area contributed by atoms with Crippen molar-refractivity contribution in [3.8, 4) is 5.75 Å². The van der Waals surface area contributed by atoms with Gasteiger partial charge in [0.25, 0.3) is 0 Å². The fourth-order valence-electron chi connectivity index (χ4n) is 2.52. The number of methoxy groups -OCH3 is 1. The minimum Gasteiger partial charge on any atom is -0.497 e. The average Bonchev–Trinajstić information content (AvgIpc) is 2.95. The van der Waals surface area contributed by atoms with Crippen molar-refractivity contribution in [1.82, 2.24) is 4.90 Å². The van der Waals surface area contributed by atoms with Crippen LogP contribution in [0.5, 0.6) is 5.75 Å². The summed E-state index contributed by atoms with van der Waals surface area (Å²) >= 11 is 1.81. The second kappa shape index (κ2) is 6.28. The summed E-state index contributed by atoms with van der Waals surface area (Å²) in [5.41, 5.74) is 2.16. The summed E-state index contributed by atoms with van der Waals surface area (Å²) in [7, 11) is 1.63. The van der Waals surface area contributed by atoms with Crippen molar-refractivity contribution in [3.05, 3.63) is 46.2 Å². The van der Waals surface area contributed by atoms with E-state index < -0.39 is 0 Å². The van der Waals surface area contributed by atoms with Gasteiger partial charge >= 0.3 is 0 Å². The maximum absolute atomic E-state index is 12.1. The van der Waals surface area contributed by atoms with Crippen LogP contribution in [-0.2, 0) is 17.8 Å². The molecule has 2 heterocycles. The molecule has 21 heavy (non-hydrogen) atoms. The molecule has 2 aromatic rings. The molecule has 0 unspecified atom stereocenters. The molecule has 3 rings (SSSR count). The van der Waals surface area contributed by atoms with Crippen molar-refractivity contribution in [1.29, 1.82) is 0 Å². The SMILES string of the molecule is COc1ccc(NC(=O)CN2CCc3sccc3C2)cc1. The van der Waals surface area contributed by atoms with Crippen LogP contribution in [0.3, 0.4) is 0 Å². The summed E-state index contributed by atoms with van der Waals surface area (Å²) in [5, 5.41) is 5.06. The molecule has 4 nitrogen and oxygen atoms in total. The lowest BCUT2D eigenvalue weighted by molar-refractivity contribution is -0.117. The first kappa shape index (κ1) is 14.1. The summed E-state index contributed by atoms with van der Waals surface area (Å²) in [6, 6.07) is 9.55. The predicted octanol–water partition coefficient (Wildman–Crippen LogP) is 2.75. The monoisotopic (exact) mass is 302 g/mol. The number of hydrogen-bond acceptors (Lipinski definition) is 4. The van der Waals surface area contributed by atoms with Gasteiger partial charge in [0.15, 0.2) is 0 Å². The lowest BCUT2D eigenvalue weighted by Gasteiger charge is -2.26. The van der Waals surface area contributed by atoms with Crippen LogP contribution in [0, 0.1) is 0 Å². The number of anilines is 1. The fraction of sp³-hybridized carbons (Fsp3) is 0.312. The van der Waals surface area contributed by atoms with Gasteiger partial charge in [0.05, 0.1) is 13.7 Å². The van der Waals surface area contributed by atoms with Crippen LogP contribution < -0.4 is 10.1 Å². The molecule has 0 atom stereocenters. The Hall–Kier alpha value is -1.85. The van der Waals surface area contributed by atoms with Crippen LogP contribution in [0.1, 0.15) is 10.4 Å². The molecule has 0 fully saturated rings. The van der Waals surface area contributed by atoms with Gasteiger partial charge < -0.3 is 10.1 Å². The van der Waals surface area contributed by atoms with E-state index in [0.717, 1.165) is 30.9 Å². The van der Waals surface area contributed by atoms with E-state index in [9.17, 15) is 4.79 Å². The summed E-state index contributed by atoms with van der Waals surface area (Å²) in [6.07, 6.45) is 1.04. The van der Waals surface area contributed by atoms with Crippen molar-refractivity contribution < 1.29 is 9.53 Å². The maximum atomic E-state index is 12.1. The van der Waals surface area contributed by atoms with E-state index in [1.165, 1.54) is 10.4 Å². The first-order valence-corrected chi connectivity index (χ1v) is 7.84. The minimum absolute atomic E-state index is 0.0267. The Kier molecular flexibility index (Phi) is 4.22. The standard InChI is InChI=1S/C16H18N2O2S/c1-20-14-4-2-13(3-5-14)17-16(19)11-18-8-6-15-12(10-18)7-9-21-15/h2-5,7,9H,6,8,10-11H2,1H3,(H,17,19). The van der Waals surface area contributed by atoms with Gasteiger partial charge in [-0.3, -0.25) is 9.69 Å². The molecule has 0 radical (unpaired) electrons. The number of nitrogens with one attached hydrogen (secondary N) is 1. The Morgan fingerprint density at radius 1 is 1.33 bits per heavy atom.